The van der Waals surface area contributed by atoms with E-state index in [0.717, 1.165) is 25.0 Å². The van der Waals surface area contributed by atoms with Gasteiger partial charge >= 0.3 is 0 Å². The van der Waals surface area contributed by atoms with Gasteiger partial charge in [0.15, 0.2) is 0 Å². The van der Waals surface area contributed by atoms with Crippen LogP contribution in [0.3, 0.4) is 0 Å². The third kappa shape index (κ3) is 0.956. The average Bonchev–Trinajstić information content (AvgIpc) is 2.42. The monoisotopic (exact) mass is 142 g/mol. The summed E-state index contributed by atoms with van der Waals surface area (Å²) in [7, 11) is 1.81. The molecule has 0 N–H and O–H groups in total. The lowest BCUT2D eigenvalue weighted by molar-refractivity contribution is 0.0825. The van der Waals surface area contributed by atoms with Crippen LogP contribution in [-0.4, -0.2) is 26.4 Å². The van der Waals surface area contributed by atoms with Crippen molar-refractivity contribution in [2.45, 2.75) is 18.9 Å². The van der Waals surface area contributed by atoms with Gasteiger partial charge in [-0.1, -0.05) is 0 Å². The van der Waals surface area contributed by atoms with E-state index >= 15 is 0 Å². The van der Waals surface area contributed by atoms with Crippen LogP contribution in [0.25, 0.3) is 0 Å². The zero-order chi connectivity index (χ0) is 6.97. The molecule has 0 aromatic carbocycles. The summed E-state index contributed by atoms with van der Waals surface area (Å²) >= 11 is 0. The Morgan fingerprint density at radius 3 is 2.30 bits per heavy atom. The molecule has 58 valence electrons. The summed E-state index contributed by atoms with van der Waals surface area (Å²) in [5.41, 5.74) is 0. The van der Waals surface area contributed by atoms with Gasteiger partial charge in [0, 0.05) is 20.3 Å². The quantitative estimate of drug-likeness (QED) is 0.545. The molecule has 0 aromatic rings. The molecule has 0 radical (unpaired) electrons. The van der Waals surface area contributed by atoms with Crippen LogP contribution in [0.15, 0.2) is 0 Å². The molecule has 1 aliphatic carbocycles. The summed E-state index contributed by atoms with van der Waals surface area (Å²) in [6, 6.07) is 0. The van der Waals surface area contributed by atoms with Crippen molar-refractivity contribution < 1.29 is 9.47 Å². The Labute approximate surface area is 61.5 Å². The van der Waals surface area contributed by atoms with Crippen molar-refractivity contribution in [3.8, 4) is 0 Å². The number of methoxy groups -OCH3 is 1. The van der Waals surface area contributed by atoms with Crippen molar-refractivity contribution in [3.05, 3.63) is 0 Å². The lowest BCUT2D eigenvalue weighted by Gasteiger charge is -2.07. The minimum absolute atomic E-state index is 0.527. The topological polar surface area (TPSA) is 18.5 Å². The first kappa shape index (κ1) is 6.62. The molecule has 1 saturated carbocycles. The van der Waals surface area contributed by atoms with Crippen molar-refractivity contribution in [2.24, 2.45) is 11.8 Å². The van der Waals surface area contributed by atoms with Gasteiger partial charge in [-0.15, -0.1) is 0 Å². The molecule has 0 spiro atoms. The van der Waals surface area contributed by atoms with Gasteiger partial charge in [0.25, 0.3) is 0 Å². The molecule has 0 amide bonds. The molecule has 2 unspecified atom stereocenters. The Hall–Kier alpha value is -0.0800. The molecule has 1 aliphatic heterocycles. The summed E-state index contributed by atoms with van der Waals surface area (Å²) in [4.78, 5) is 0. The highest BCUT2D eigenvalue weighted by Gasteiger charge is 2.38. The largest absolute Gasteiger partial charge is 0.381 e. The van der Waals surface area contributed by atoms with Crippen LogP contribution in [0, 0.1) is 11.8 Å². The van der Waals surface area contributed by atoms with Crippen LogP contribution in [0.2, 0.25) is 0 Å². The van der Waals surface area contributed by atoms with Crippen LogP contribution >= 0.6 is 0 Å². The van der Waals surface area contributed by atoms with Gasteiger partial charge in [-0.2, -0.15) is 0 Å². The maximum absolute atomic E-state index is 5.35. The Kier molecular flexibility index (Phi) is 1.66. The zero-order valence-electron chi connectivity index (χ0n) is 6.38. The molecule has 0 aromatic heterocycles. The maximum atomic E-state index is 5.35. The van der Waals surface area contributed by atoms with Gasteiger partial charge in [0.05, 0.1) is 6.10 Å². The predicted molar refractivity (Wildman–Crippen MR) is 37.8 cm³/mol. The number of rotatable bonds is 1. The highest BCUT2D eigenvalue weighted by molar-refractivity contribution is 4.86. The summed E-state index contributed by atoms with van der Waals surface area (Å²) in [5, 5.41) is 0. The highest BCUT2D eigenvalue weighted by atomic mass is 16.5. The Morgan fingerprint density at radius 1 is 1.20 bits per heavy atom. The smallest absolute Gasteiger partial charge is 0.0578 e. The van der Waals surface area contributed by atoms with Crippen molar-refractivity contribution >= 4 is 0 Å². The van der Waals surface area contributed by atoms with Crippen molar-refractivity contribution in [3.63, 3.8) is 0 Å². The Balaban J connectivity index is 1.94. The second-order valence-electron chi connectivity index (χ2n) is 3.39. The first-order chi connectivity index (χ1) is 4.90. The second kappa shape index (κ2) is 2.51. The lowest BCUT2D eigenvalue weighted by Crippen LogP contribution is -2.07. The molecule has 2 atom stereocenters. The van der Waals surface area contributed by atoms with E-state index < -0.39 is 0 Å². The Morgan fingerprint density at radius 2 is 1.80 bits per heavy atom. The summed E-state index contributed by atoms with van der Waals surface area (Å²) in [6.07, 6.45) is 2.97. The fraction of sp³-hybridized carbons (Fsp3) is 1.00. The third-order valence-electron chi connectivity index (χ3n) is 2.80. The van der Waals surface area contributed by atoms with Crippen molar-refractivity contribution in [1.29, 1.82) is 0 Å². The number of ether oxygens (including phenoxy) is 2. The lowest BCUT2D eigenvalue weighted by atomic mass is 10.0. The summed E-state index contributed by atoms with van der Waals surface area (Å²) < 4.78 is 10.6. The van der Waals surface area contributed by atoms with Crippen LogP contribution < -0.4 is 0 Å². The first-order valence-corrected chi connectivity index (χ1v) is 4.00. The van der Waals surface area contributed by atoms with E-state index in [9.17, 15) is 0 Å². The van der Waals surface area contributed by atoms with Crippen molar-refractivity contribution in [1.82, 2.24) is 0 Å². The molecule has 2 rings (SSSR count). The zero-order valence-corrected chi connectivity index (χ0v) is 6.38. The molecule has 1 heterocycles. The van der Waals surface area contributed by atoms with Crippen molar-refractivity contribution in [2.75, 3.05) is 20.3 Å². The van der Waals surface area contributed by atoms with E-state index in [1.54, 1.807) is 0 Å². The molecule has 2 fully saturated rings. The van der Waals surface area contributed by atoms with Gasteiger partial charge < -0.3 is 9.47 Å². The Bertz CT molecular complexity index is 112. The van der Waals surface area contributed by atoms with Gasteiger partial charge in [-0.3, -0.25) is 0 Å². The van der Waals surface area contributed by atoms with Crippen LogP contribution in [0.1, 0.15) is 12.8 Å². The molecule has 0 bridgehead atoms. The molecule has 2 heteroatoms. The number of hydrogen-bond donors (Lipinski definition) is 0. The third-order valence-corrected chi connectivity index (χ3v) is 2.80. The predicted octanol–water partition coefficient (Wildman–Crippen LogP) is 1.06. The van der Waals surface area contributed by atoms with E-state index in [2.05, 4.69) is 0 Å². The minimum Gasteiger partial charge on any atom is -0.381 e. The second-order valence-corrected chi connectivity index (χ2v) is 3.39. The van der Waals surface area contributed by atoms with E-state index in [4.69, 9.17) is 9.47 Å². The maximum Gasteiger partial charge on any atom is 0.0578 e. The molecular formula is C8H14O2. The van der Waals surface area contributed by atoms with Crippen LogP contribution in [0.5, 0.6) is 0 Å². The van der Waals surface area contributed by atoms with E-state index in [-0.39, 0.29) is 0 Å². The molecular weight excluding hydrogens is 128 g/mol. The molecule has 10 heavy (non-hydrogen) atoms. The van der Waals surface area contributed by atoms with E-state index in [0.29, 0.717) is 6.10 Å². The fourth-order valence-corrected chi connectivity index (χ4v) is 2.13. The van der Waals surface area contributed by atoms with E-state index in [1.807, 2.05) is 7.11 Å². The van der Waals surface area contributed by atoms with Crippen LogP contribution in [-0.2, 0) is 9.47 Å². The average molecular weight is 142 g/mol. The molecule has 2 aliphatic rings. The normalized spacial score (nSPS) is 45.9. The van der Waals surface area contributed by atoms with E-state index in [1.165, 1.54) is 12.8 Å². The number of fused-ring (bicyclic) bond motifs is 1. The van der Waals surface area contributed by atoms with Gasteiger partial charge in [-0.25, -0.2) is 0 Å². The standard InChI is InChI=1S/C8H14O2/c1-9-8-2-6-4-10-5-7(6)3-8/h6-8H,2-5H2,1H3. The summed E-state index contributed by atoms with van der Waals surface area (Å²) in [6.45, 7) is 1.95. The SMILES string of the molecule is COC1CC2COCC2C1. The number of hydrogen-bond acceptors (Lipinski definition) is 2. The molecule has 1 saturated heterocycles. The first-order valence-electron chi connectivity index (χ1n) is 4.00. The summed E-state index contributed by atoms with van der Waals surface area (Å²) in [5.74, 6) is 1.62. The van der Waals surface area contributed by atoms with Gasteiger partial charge in [-0.05, 0) is 24.7 Å². The van der Waals surface area contributed by atoms with Gasteiger partial charge in [0.1, 0.15) is 0 Å². The molecule has 2 nitrogen and oxygen atoms in total. The fourth-order valence-electron chi connectivity index (χ4n) is 2.13. The minimum atomic E-state index is 0.527. The van der Waals surface area contributed by atoms with Gasteiger partial charge in [0.2, 0.25) is 0 Å². The van der Waals surface area contributed by atoms with Crippen LogP contribution in [0.4, 0.5) is 0 Å². The highest BCUT2D eigenvalue weighted by Crippen LogP contribution is 2.37.